The number of benzene rings is 1. The lowest BCUT2D eigenvalue weighted by atomic mass is 9.94. The summed E-state index contributed by atoms with van der Waals surface area (Å²) in [6.45, 7) is 6.91. The lowest BCUT2D eigenvalue weighted by Crippen LogP contribution is -2.40. The fourth-order valence-electron chi connectivity index (χ4n) is 2.61. The van der Waals surface area contributed by atoms with Gasteiger partial charge in [-0.3, -0.25) is 4.90 Å². The van der Waals surface area contributed by atoms with Gasteiger partial charge in [-0.25, -0.2) is 0 Å². The Morgan fingerprint density at radius 1 is 1.28 bits per heavy atom. The highest BCUT2D eigenvalue weighted by Crippen LogP contribution is 2.23. The molecule has 1 aliphatic heterocycles. The summed E-state index contributed by atoms with van der Waals surface area (Å²) in [4.78, 5) is 3.05. The van der Waals surface area contributed by atoms with Crippen molar-refractivity contribution in [2.75, 3.05) is 6.54 Å². The van der Waals surface area contributed by atoms with Crippen LogP contribution in [0.4, 0.5) is 0 Å². The predicted molar refractivity (Wildman–Crippen MR) is 80.6 cm³/mol. The second-order valence-corrected chi connectivity index (χ2v) is 5.96. The molecule has 3 heteroatoms. The van der Waals surface area contributed by atoms with Gasteiger partial charge in [-0.1, -0.05) is 43.4 Å². The first kappa shape index (κ1) is 13.5. The fourth-order valence-corrected chi connectivity index (χ4v) is 2.75. The van der Waals surface area contributed by atoms with Crippen LogP contribution in [-0.2, 0) is 6.54 Å². The molecule has 18 heavy (non-hydrogen) atoms. The summed E-state index contributed by atoms with van der Waals surface area (Å²) in [7, 11) is 0. The number of piperidine rings is 1. The van der Waals surface area contributed by atoms with E-state index in [1.807, 2.05) is 12.1 Å². The van der Waals surface area contributed by atoms with Crippen molar-refractivity contribution >= 4 is 17.2 Å². The highest BCUT2D eigenvalue weighted by molar-refractivity contribution is 7.80. The predicted octanol–water partition coefficient (Wildman–Crippen LogP) is 2.94. The maximum absolute atomic E-state index is 5.61. The standard InChI is InChI=1S/C15H22N2S/c1-11-3-4-12(2)17(9-11)10-13-5-7-14(8-6-13)15(16)18/h5-8,11-12H,3-4,9-10H2,1-2H3,(H2,16,18). The van der Waals surface area contributed by atoms with E-state index in [0.717, 1.165) is 18.0 Å². The largest absolute Gasteiger partial charge is 0.389 e. The molecule has 1 aliphatic rings. The number of likely N-dealkylation sites (tertiary alicyclic amines) is 1. The Labute approximate surface area is 115 Å². The van der Waals surface area contributed by atoms with Gasteiger partial charge >= 0.3 is 0 Å². The van der Waals surface area contributed by atoms with E-state index in [2.05, 4.69) is 30.9 Å². The molecular formula is C15H22N2S. The van der Waals surface area contributed by atoms with Crippen molar-refractivity contribution < 1.29 is 0 Å². The van der Waals surface area contributed by atoms with Crippen LogP contribution in [0.5, 0.6) is 0 Å². The number of nitrogens with zero attached hydrogens (tertiary/aromatic N) is 1. The topological polar surface area (TPSA) is 29.3 Å². The van der Waals surface area contributed by atoms with Gasteiger partial charge in [0.1, 0.15) is 4.99 Å². The van der Waals surface area contributed by atoms with Crippen LogP contribution in [0.3, 0.4) is 0 Å². The molecule has 1 saturated heterocycles. The maximum atomic E-state index is 5.61. The Hall–Kier alpha value is -0.930. The summed E-state index contributed by atoms with van der Waals surface area (Å²) < 4.78 is 0. The van der Waals surface area contributed by atoms with E-state index in [-0.39, 0.29) is 0 Å². The van der Waals surface area contributed by atoms with Gasteiger partial charge < -0.3 is 5.73 Å². The van der Waals surface area contributed by atoms with Crippen molar-refractivity contribution in [3.63, 3.8) is 0 Å². The second kappa shape index (κ2) is 5.81. The van der Waals surface area contributed by atoms with Crippen molar-refractivity contribution in [2.24, 2.45) is 11.7 Å². The van der Waals surface area contributed by atoms with Crippen LogP contribution in [0, 0.1) is 5.92 Å². The first-order valence-electron chi connectivity index (χ1n) is 6.69. The lowest BCUT2D eigenvalue weighted by Gasteiger charge is -2.36. The van der Waals surface area contributed by atoms with E-state index in [1.165, 1.54) is 24.9 Å². The molecule has 2 atom stereocenters. The van der Waals surface area contributed by atoms with Crippen LogP contribution in [0.15, 0.2) is 24.3 Å². The number of rotatable bonds is 3. The molecule has 1 heterocycles. The molecule has 2 nitrogen and oxygen atoms in total. The number of nitrogens with two attached hydrogens (primary N) is 1. The SMILES string of the molecule is CC1CCC(C)N(Cc2ccc(C(N)=S)cc2)C1. The van der Waals surface area contributed by atoms with Crippen LogP contribution in [-0.4, -0.2) is 22.5 Å². The van der Waals surface area contributed by atoms with Crippen LogP contribution in [0.2, 0.25) is 0 Å². The number of hydrogen-bond donors (Lipinski definition) is 1. The zero-order valence-electron chi connectivity index (χ0n) is 11.2. The van der Waals surface area contributed by atoms with E-state index in [1.54, 1.807) is 0 Å². The fraction of sp³-hybridized carbons (Fsp3) is 0.533. The van der Waals surface area contributed by atoms with E-state index in [0.29, 0.717) is 11.0 Å². The number of hydrogen-bond acceptors (Lipinski definition) is 2. The zero-order valence-corrected chi connectivity index (χ0v) is 12.0. The summed E-state index contributed by atoms with van der Waals surface area (Å²) in [6, 6.07) is 9.02. The van der Waals surface area contributed by atoms with Crippen LogP contribution >= 0.6 is 12.2 Å². The lowest BCUT2D eigenvalue weighted by molar-refractivity contribution is 0.117. The third kappa shape index (κ3) is 3.30. The summed E-state index contributed by atoms with van der Waals surface area (Å²) in [6.07, 6.45) is 2.67. The van der Waals surface area contributed by atoms with E-state index >= 15 is 0 Å². The molecule has 2 unspecified atom stereocenters. The minimum absolute atomic E-state index is 0.474. The highest BCUT2D eigenvalue weighted by atomic mass is 32.1. The molecule has 98 valence electrons. The molecule has 1 aromatic carbocycles. The summed E-state index contributed by atoms with van der Waals surface area (Å²) in [5.74, 6) is 0.817. The van der Waals surface area contributed by atoms with Crippen molar-refractivity contribution in [3.05, 3.63) is 35.4 Å². The van der Waals surface area contributed by atoms with Gasteiger partial charge in [0, 0.05) is 24.7 Å². The minimum atomic E-state index is 0.474. The van der Waals surface area contributed by atoms with Crippen molar-refractivity contribution in [2.45, 2.75) is 39.3 Å². The molecular weight excluding hydrogens is 240 g/mol. The third-order valence-corrected chi connectivity index (χ3v) is 4.11. The van der Waals surface area contributed by atoms with Crippen molar-refractivity contribution in [3.8, 4) is 0 Å². The van der Waals surface area contributed by atoms with Gasteiger partial charge in [0.15, 0.2) is 0 Å². The van der Waals surface area contributed by atoms with Gasteiger partial charge in [0.2, 0.25) is 0 Å². The first-order valence-corrected chi connectivity index (χ1v) is 7.10. The van der Waals surface area contributed by atoms with E-state index in [4.69, 9.17) is 18.0 Å². The van der Waals surface area contributed by atoms with Gasteiger partial charge in [0.05, 0.1) is 0 Å². The third-order valence-electron chi connectivity index (χ3n) is 3.87. The monoisotopic (exact) mass is 262 g/mol. The van der Waals surface area contributed by atoms with Crippen molar-refractivity contribution in [1.29, 1.82) is 0 Å². The van der Waals surface area contributed by atoms with Crippen LogP contribution < -0.4 is 5.73 Å². The summed E-state index contributed by atoms with van der Waals surface area (Å²) in [5.41, 5.74) is 7.91. The van der Waals surface area contributed by atoms with Gasteiger partial charge in [-0.05, 0) is 31.2 Å². The number of thiocarbonyl (C=S) groups is 1. The van der Waals surface area contributed by atoms with E-state index in [9.17, 15) is 0 Å². The average Bonchev–Trinajstić information content (AvgIpc) is 2.34. The zero-order chi connectivity index (χ0) is 13.1. The first-order chi connectivity index (χ1) is 8.56. The molecule has 1 fully saturated rings. The van der Waals surface area contributed by atoms with Crippen molar-refractivity contribution in [1.82, 2.24) is 4.90 Å². The molecule has 0 saturated carbocycles. The second-order valence-electron chi connectivity index (χ2n) is 5.52. The Kier molecular flexibility index (Phi) is 4.36. The molecule has 0 bridgehead atoms. The van der Waals surface area contributed by atoms with Gasteiger partial charge in [0.25, 0.3) is 0 Å². The summed E-state index contributed by atoms with van der Waals surface area (Å²) >= 11 is 4.97. The Morgan fingerprint density at radius 3 is 2.56 bits per heavy atom. The highest BCUT2D eigenvalue weighted by Gasteiger charge is 2.22. The molecule has 2 N–H and O–H groups in total. The van der Waals surface area contributed by atoms with Gasteiger partial charge in [-0.15, -0.1) is 0 Å². The molecule has 0 radical (unpaired) electrons. The molecule has 0 aliphatic carbocycles. The smallest absolute Gasteiger partial charge is 0.103 e. The molecule has 1 aromatic rings. The Morgan fingerprint density at radius 2 is 1.94 bits per heavy atom. The van der Waals surface area contributed by atoms with Crippen LogP contribution in [0.25, 0.3) is 0 Å². The molecule has 0 aromatic heterocycles. The average molecular weight is 262 g/mol. The maximum Gasteiger partial charge on any atom is 0.103 e. The Balaban J connectivity index is 2.02. The molecule has 2 rings (SSSR count). The van der Waals surface area contributed by atoms with Crippen LogP contribution in [0.1, 0.15) is 37.8 Å². The molecule has 0 amide bonds. The normalized spacial score (nSPS) is 25.0. The quantitative estimate of drug-likeness (QED) is 0.849. The van der Waals surface area contributed by atoms with E-state index < -0.39 is 0 Å². The van der Waals surface area contributed by atoms with Gasteiger partial charge in [-0.2, -0.15) is 0 Å². The Bertz CT molecular complexity index is 413. The molecule has 0 spiro atoms. The summed E-state index contributed by atoms with van der Waals surface area (Å²) in [5, 5.41) is 0. The minimum Gasteiger partial charge on any atom is -0.389 e.